The number of allylic oxidation sites excluding steroid dienone is 1. The molecule has 50 heavy (non-hydrogen) atoms. The summed E-state index contributed by atoms with van der Waals surface area (Å²) < 4.78 is 16.9. The summed E-state index contributed by atoms with van der Waals surface area (Å²) in [6, 6.07) is 30.2. The average Bonchev–Trinajstić information content (AvgIpc) is 3.15. The summed E-state index contributed by atoms with van der Waals surface area (Å²) >= 11 is 0. The van der Waals surface area contributed by atoms with Gasteiger partial charge in [0, 0.05) is 13.7 Å². The highest BCUT2D eigenvalue weighted by Gasteiger charge is 2.10. The van der Waals surface area contributed by atoms with Crippen molar-refractivity contribution < 1.29 is 34.6 Å². The number of ether oxygens (including phenoxy) is 3. The maximum Gasteiger partial charge on any atom is 0.173 e. The fourth-order valence-electron chi connectivity index (χ4n) is 4.81. The van der Waals surface area contributed by atoms with E-state index in [1.165, 1.54) is 48.4 Å². The first-order chi connectivity index (χ1) is 24.4. The Morgan fingerprint density at radius 1 is 0.700 bits per heavy atom. The molecular weight excluding hydrogens is 628 g/mol. The second kappa shape index (κ2) is 27.4. The van der Waals surface area contributed by atoms with Gasteiger partial charge in [-0.15, -0.1) is 6.58 Å². The molecule has 0 saturated heterocycles. The van der Waals surface area contributed by atoms with Crippen LogP contribution < -0.4 is 9.47 Å². The third-order valence-electron chi connectivity index (χ3n) is 7.19. The quantitative estimate of drug-likeness (QED) is 0.0498. The maximum absolute atomic E-state index is 9.47. The van der Waals surface area contributed by atoms with E-state index < -0.39 is 6.29 Å². The van der Waals surface area contributed by atoms with Gasteiger partial charge in [-0.2, -0.15) is 0 Å². The van der Waals surface area contributed by atoms with Crippen molar-refractivity contribution in [3.8, 4) is 39.5 Å². The number of rotatable bonds is 17. The number of aromatic hydroxyl groups is 1. The molecule has 0 aromatic heterocycles. The molecule has 0 aliphatic carbocycles. The molecule has 4 rings (SSSR count). The topological polar surface area (TPSA) is 109 Å². The smallest absolute Gasteiger partial charge is 0.173 e. The van der Waals surface area contributed by atoms with Gasteiger partial charge in [0.05, 0.1) is 6.61 Å². The van der Waals surface area contributed by atoms with Gasteiger partial charge in [-0.05, 0) is 103 Å². The van der Waals surface area contributed by atoms with Crippen LogP contribution in [0.1, 0.15) is 64.0 Å². The fourth-order valence-corrected chi connectivity index (χ4v) is 4.81. The van der Waals surface area contributed by atoms with Gasteiger partial charge in [0.15, 0.2) is 6.29 Å². The molecule has 0 aliphatic heterocycles. The van der Waals surface area contributed by atoms with E-state index in [1.807, 2.05) is 43.3 Å². The van der Waals surface area contributed by atoms with Gasteiger partial charge < -0.3 is 34.6 Å². The molecule has 1 atom stereocenters. The SMILES string of the molecule is C=CC.C=CC(O)OCCOc1ccc(-c2ccc(-c3ccc(OCc4ccc(O)cc4)cc3)cc2CCCCCCC)cc1.CCO.CO. The molecular formula is C43H58O7. The van der Waals surface area contributed by atoms with Gasteiger partial charge in [0.1, 0.15) is 30.5 Å². The summed E-state index contributed by atoms with van der Waals surface area (Å²) in [6.45, 7) is 14.0. The van der Waals surface area contributed by atoms with Crippen LogP contribution in [0, 0.1) is 0 Å². The molecule has 4 N–H and O–H groups in total. The van der Waals surface area contributed by atoms with Crippen molar-refractivity contribution in [1.29, 1.82) is 0 Å². The summed E-state index contributed by atoms with van der Waals surface area (Å²) in [5.74, 6) is 1.83. The number of aryl methyl sites for hydroxylation is 1. The molecule has 7 nitrogen and oxygen atoms in total. The van der Waals surface area contributed by atoms with Crippen LogP contribution in [0.2, 0.25) is 0 Å². The second-order valence-corrected chi connectivity index (χ2v) is 11.1. The lowest BCUT2D eigenvalue weighted by Gasteiger charge is -2.14. The Morgan fingerprint density at radius 3 is 1.82 bits per heavy atom. The minimum atomic E-state index is -0.970. The summed E-state index contributed by atoms with van der Waals surface area (Å²) in [5.41, 5.74) is 7.10. The average molecular weight is 687 g/mol. The zero-order valence-electron chi connectivity index (χ0n) is 30.4. The normalized spacial score (nSPS) is 10.5. The van der Waals surface area contributed by atoms with Crippen LogP contribution in [0.15, 0.2) is 116 Å². The van der Waals surface area contributed by atoms with E-state index in [-0.39, 0.29) is 19.0 Å². The molecule has 0 spiro atoms. The second-order valence-electron chi connectivity index (χ2n) is 11.1. The van der Waals surface area contributed by atoms with Crippen LogP contribution in [0.5, 0.6) is 17.2 Å². The molecule has 4 aromatic rings. The molecule has 0 heterocycles. The Balaban J connectivity index is 0.00000143. The molecule has 272 valence electrons. The van der Waals surface area contributed by atoms with Crippen LogP contribution in [-0.4, -0.2) is 53.6 Å². The zero-order valence-corrected chi connectivity index (χ0v) is 30.4. The van der Waals surface area contributed by atoms with E-state index in [1.54, 1.807) is 25.1 Å². The number of aliphatic hydroxyl groups excluding tert-OH is 3. The van der Waals surface area contributed by atoms with Gasteiger partial charge in [0.2, 0.25) is 0 Å². The van der Waals surface area contributed by atoms with Gasteiger partial charge >= 0.3 is 0 Å². The molecule has 7 heteroatoms. The minimum absolute atomic E-state index is 0.250. The monoisotopic (exact) mass is 686 g/mol. The first-order valence-corrected chi connectivity index (χ1v) is 17.3. The number of aliphatic hydroxyl groups is 3. The van der Waals surface area contributed by atoms with Crippen molar-refractivity contribution in [2.24, 2.45) is 0 Å². The molecule has 0 fully saturated rings. The largest absolute Gasteiger partial charge is 0.508 e. The van der Waals surface area contributed by atoms with Crippen LogP contribution >= 0.6 is 0 Å². The zero-order chi connectivity index (χ0) is 37.0. The predicted molar refractivity (Wildman–Crippen MR) is 207 cm³/mol. The van der Waals surface area contributed by atoms with Gasteiger partial charge in [-0.1, -0.05) is 99.9 Å². The Kier molecular flexibility index (Phi) is 23.9. The Morgan fingerprint density at radius 2 is 1.24 bits per heavy atom. The van der Waals surface area contributed by atoms with Crippen LogP contribution in [0.3, 0.4) is 0 Å². The molecule has 0 bridgehead atoms. The lowest BCUT2D eigenvalue weighted by atomic mass is 9.92. The first kappa shape index (κ1) is 43.6. The van der Waals surface area contributed by atoms with Gasteiger partial charge in [-0.25, -0.2) is 0 Å². The molecule has 1 unspecified atom stereocenters. The lowest BCUT2D eigenvalue weighted by molar-refractivity contribution is -0.0711. The first-order valence-electron chi connectivity index (χ1n) is 17.3. The summed E-state index contributed by atoms with van der Waals surface area (Å²) in [6.07, 6.45) is 9.35. The number of unbranched alkanes of at least 4 members (excludes halogenated alkanes) is 4. The predicted octanol–water partition coefficient (Wildman–Crippen LogP) is 9.52. The highest BCUT2D eigenvalue weighted by Crippen LogP contribution is 2.32. The minimum Gasteiger partial charge on any atom is -0.508 e. The third kappa shape index (κ3) is 17.3. The molecule has 0 amide bonds. The number of phenols is 1. The fraction of sp³-hybridized carbons (Fsp3) is 0.349. The maximum atomic E-state index is 9.47. The van der Waals surface area contributed by atoms with Crippen molar-refractivity contribution in [1.82, 2.24) is 0 Å². The Bertz CT molecular complexity index is 1430. The summed E-state index contributed by atoms with van der Waals surface area (Å²) in [4.78, 5) is 0. The molecule has 0 aliphatic rings. The van der Waals surface area contributed by atoms with Crippen molar-refractivity contribution in [2.75, 3.05) is 26.9 Å². The van der Waals surface area contributed by atoms with Gasteiger partial charge in [0.25, 0.3) is 0 Å². The van der Waals surface area contributed by atoms with Crippen molar-refractivity contribution in [3.05, 3.63) is 127 Å². The number of phenolic OH excluding ortho intramolecular Hbond substituents is 1. The number of benzene rings is 4. The van der Waals surface area contributed by atoms with Gasteiger partial charge in [-0.3, -0.25) is 0 Å². The standard InChI is InChI=1S/C37H42O5.C3H6.C2H6O.CH4O/c1-3-5-6-7-8-9-32-26-31(29-12-19-35(20-13-29)42-27-28-10-17-33(38)18-11-28)16-23-36(32)30-14-21-34(22-15-30)40-24-25-41-37(39)4-2;1-3-2;1-2-3;1-2/h4,10-23,26,37-39H,2-3,5-9,24-25,27H2,1H3;3H,1H2,2H3;3H,2H2,1H3;2H,1H3. The van der Waals surface area contributed by atoms with E-state index in [2.05, 4.69) is 62.5 Å². The highest BCUT2D eigenvalue weighted by atomic mass is 16.6. The van der Waals surface area contributed by atoms with E-state index >= 15 is 0 Å². The van der Waals surface area contributed by atoms with Crippen molar-refractivity contribution >= 4 is 0 Å². The molecule has 0 radical (unpaired) electrons. The van der Waals surface area contributed by atoms with Crippen LogP contribution in [-0.2, 0) is 17.8 Å². The number of hydrogen-bond donors (Lipinski definition) is 4. The van der Waals surface area contributed by atoms with Crippen LogP contribution in [0.25, 0.3) is 22.3 Å². The summed E-state index contributed by atoms with van der Waals surface area (Å²) in [5, 5.41) is 33.5. The molecule has 0 saturated carbocycles. The van der Waals surface area contributed by atoms with E-state index in [0.29, 0.717) is 13.2 Å². The van der Waals surface area contributed by atoms with E-state index in [0.717, 1.165) is 48.1 Å². The van der Waals surface area contributed by atoms with Crippen LogP contribution in [0.4, 0.5) is 0 Å². The third-order valence-corrected chi connectivity index (χ3v) is 7.19. The van der Waals surface area contributed by atoms with Crippen molar-refractivity contribution in [3.63, 3.8) is 0 Å². The van der Waals surface area contributed by atoms with E-state index in [4.69, 9.17) is 24.4 Å². The lowest BCUT2D eigenvalue weighted by Crippen LogP contribution is -2.14. The Hall–Kier alpha value is -4.40. The van der Waals surface area contributed by atoms with E-state index in [9.17, 15) is 10.2 Å². The number of hydrogen-bond acceptors (Lipinski definition) is 7. The highest BCUT2D eigenvalue weighted by molar-refractivity contribution is 5.74. The summed E-state index contributed by atoms with van der Waals surface area (Å²) in [7, 11) is 1.00. The van der Waals surface area contributed by atoms with Crippen molar-refractivity contribution in [2.45, 2.75) is 72.2 Å². The molecule has 4 aromatic carbocycles. The Labute approximate surface area is 300 Å².